The highest BCUT2D eigenvalue weighted by molar-refractivity contribution is 4.72. The zero-order valence-corrected chi connectivity index (χ0v) is 9.18. The molecule has 0 rings (SSSR count). The molecule has 0 radical (unpaired) electrons. The van der Waals surface area contributed by atoms with Crippen molar-refractivity contribution in [3.63, 3.8) is 0 Å². The lowest BCUT2D eigenvalue weighted by Gasteiger charge is -2.17. The van der Waals surface area contributed by atoms with Crippen LogP contribution in [0.25, 0.3) is 0 Å². The molecule has 0 aromatic carbocycles. The van der Waals surface area contributed by atoms with Crippen molar-refractivity contribution in [3.05, 3.63) is 12.7 Å². The molecular formula is C11H24N2. The van der Waals surface area contributed by atoms with Gasteiger partial charge in [-0.25, -0.2) is 0 Å². The van der Waals surface area contributed by atoms with E-state index in [1.165, 1.54) is 19.4 Å². The van der Waals surface area contributed by atoms with Crippen LogP contribution in [0.15, 0.2) is 12.7 Å². The molecule has 0 aromatic rings. The van der Waals surface area contributed by atoms with Gasteiger partial charge in [-0.15, -0.1) is 6.58 Å². The Hall–Kier alpha value is -0.340. The minimum atomic E-state index is 1.02. The van der Waals surface area contributed by atoms with E-state index in [9.17, 15) is 0 Å². The van der Waals surface area contributed by atoms with Gasteiger partial charge < -0.3 is 5.32 Å². The first-order chi connectivity index (χ1) is 6.35. The second-order valence-corrected chi connectivity index (χ2v) is 3.29. The van der Waals surface area contributed by atoms with Crippen molar-refractivity contribution in [3.8, 4) is 0 Å². The monoisotopic (exact) mass is 184 g/mol. The summed E-state index contributed by atoms with van der Waals surface area (Å²) in [5.74, 6) is 0. The summed E-state index contributed by atoms with van der Waals surface area (Å²) >= 11 is 0. The van der Waals surface area contributed by atoms with Gasteiger partial charge >= 0.3 is 0 Å². The summed E-state index contributed by atoms with van der Waals surface area (Å²) in [4.78, 5) is 2.40. The molecule has 1 N–H and O–H groups in total. The molecule has 0 aromatic heterocycles. The first-order valence-electron chi connectivity index (χ1n) is 5.39. The van der Waals surface area contributed by atoms with Crippen LogP contribution >= 0.6 is 0 Å². The number of hydrogen-bond acceptors (Lipinski definition) is 2. The quantitative estimate of drug-likeness (QED) is 0.435. The third-order valence-corrected chi connectivity index (χ3v) is 2.09. The average Bonchev–Trinajstić information content (AvgIpc) is 2.16. The van der Waals surface area contributed by atoms with E-state index in [-0.39, 0.29) is 0 Å². The topological polar surface area (TPSA) is 15.3 Å². The highest BCUT2D eigenvalue weighted by atomic mass is 15.1. The van der Waals surface area contributed by atoms with Crippen LogP contribution in [-0.4, -0.2) is 37.6 Å². The smallest absolute Gasteiger partial charge is 0.0160 e. The summed E-state index contributed by atoms with van der Waals surface area (Å²) in [6.07, 6.45) is 4.44. The van der Waals surface area contributed by atoms with Crippen LogP contribution in [0.4, 0.5) is 0 Å². The summed E-state index contributed by atoms with van der Waals surface area (Å²) in [6, 6.07) is 0. The van der Waals surface area contributed by atoms with E-state index in [0.29, 0.717) is 0 Å². The molecule has 0 aliphatic heterocycles. The average molecular weight is 184 g/mol. The third-order valence-electron chi connectivity index (χ3n) is 2.09. The molecule has 0 saturated heterocycles. The van der Waals surface area contributed by atoms with Crippen LogP contribution in [0.1, 0.15) is 26.7 Å². The van der Waals surface area contributed by atoms with Crippen molar-refractivity contribution in [1.82, 2.24) is 10.2 Å². The van der Waals surface area contributed by atoms with E-state index in [1.807, 2.05) is 6.08 Å². The molecule has 0 spiro atoms. The first-order valence-corrected chi connectivity index (χ1v) is 5.39. The Morgan fingerprint density at radius 1 is 1.31 bits per heavy atom. The lowest BCUT2D eigenvalue weighted by atomic mass is 10.3. The Kier molecular flexibility index (Phi) is 9.49. The predicted molar refractivity (Wildman–Crippen MR) is 60.1 cm³/mol. The molecule has 0 fully saturated rings. The zero-order chi connectivity index (χ0) is 9.94. The van der Waals surface area contributed by atoms with E-state index in [2.05, 4.69) is 30.6 Å². The Labute approximate surface area is 83.0 Å². The SMILES string of the molecule is C=CCN(CC)CCCNCCC. The summed E-state index contributed by atoms with van der Waals surface area (Å²) in [5.41, 5.74) is 0. The highest BCUT2D eigenvalue weighted by Crippen LogP contribution is 1.90. The van der Waals surface area contributed by atoms with E-state index in [1.54, 1.807) is 0 Å². The summed E-state index contributed by atoms with van der Waals surface area (Å²) < 4.78 is 0. The summed E-state index contributed by atoms with van der Waals surface area (Å²) in [5, 5.41) is 3.40. The molecule has 0 amide bonds. The molecule has 0 atom stereocenters. The predicted octanol–water partition coefficient (Wildman–Crippen LogP) is 1.88. The van der Waals surface area contributed by atoms with Crippen molar-refractivity contribution < 1.29 is 0 Å². The number of nitrogens with zero attached hydrogens (tertiary/aromatic N) is 1. The van der Waals surface area contributed by atoms with Gasteiger partial charge in [-0.3, -0.25) is 4.90 Å². The van der Waals surface area contributed by atoms with E-state index in [0.717, 1.165) is 26.2 Å². The molecule has 2 heteroatoms. The van der Waals surface area contributed by atoms with Crippen molar-refractivity contribution in [2.75, 3.05) is 32.7 Å². The van der Waals surface area contributed by atoms with Crippen molar-refractivity contribution in [2.45, 2.75) is 26.7 Å². The van der Waals surface area contributed by atoms with Crippen LogP contribution in [0.3, 0.4) is 0 Å². The molecule has 0 bridgehead atoms. The number of rotatable bonds is 9. The minimum absolute atomic E-state index is 1.02. The standard InChI is InChI=1S/C11H24N2/c1-4-8-12-9-7-11-13(6-3)10-5-2/h5,12H,2,4,6-11H2,1,3H3. The van der Waals surface area contributed by atoms with E-state index < -0.39 is 0 Å². The normalized spacial score (nSPS) is 10.7. The molecule has 13 heavy (non-hydrogen) atoms. The highest BCUT2D eigenvalue weighted by Gasteiger charge is 1.97. The zero-order valence-electron chi connectivity index (χ0n) is 9.18. The van der Waals surface area contributed by atoms with Gasteiger partial charge in [-0.2, -0.15) is 0 Å². The van der Waals surface area contributed by atoms with Crippen LogP contribution in [-0.2, 0) is 0 Å². The van der Waals surface area contributed by atoms with Gasteiger partial charge in [0.25, 0.3) is 0 Å². The number of nitrogens with one attached hydrogen (secondary N) is 1. The molecule has 2 nitrogen and oxygen atoms in total. The van der Waals surface area contributed by atoms with Crippen LogP contribution in [0.5, 0.6) is 0 Å². The fraction of sp³-hybridized carbons (Fsp3) is 0.818. The number of likely N-dealkylation sites (N-methyl/N-ethyl adjacent to an activating group) is 1. The van der Waals surface area contributed by atoms with Crippen molar-refractivity contribution >= 4 is 0 Å². The largest absolute Gasteiger partial charge is 0.317 e. The molecule has 0 aliphatic rings. The van der Waals surface area contributed by atoms with Crippen molar-refractivity contribution in [1.29, 1.82) is 0 Å². The van der Waals surface area contributed by atoms with Gasteiger partial charge in [-0.05, 0) is 39.0 Å². The van der Waals surface area contributed by atoms with E-state index >= 15 is 0 Å². The molecule has 0 heterocycles. The van der Waals surface area contributed by atoms with Crippen LogP contribution < -0.4 is 5.32 Å². The van der Waals surface area contributed by atoms with Gasteiger partial charge in [0.1, 0.15) is 0 Å². The lowest BCUT2D eigenvalue weighted by Crippen LogP contribution is -2.27. The summed E-state index contributed by atoms with van der Waals surface area (Å²) in [7, 11) is 0. The van der Waals surface area contributed by atoms with Gasteiger partial charge in [0.15, 0.2) is 0 Å². The fourth-order valence-electron chi connectivity index (χ4n) is 1.29. The van der Waals surface area contributed by atoms with Crippen molar-refractivity contribution in [2.24, 2.45) is 0 Å². The molecular weight excluding hydrogens is 160 g/mol. The Balaban J connectivity index is 3.22. The fourth-order valence-corrected chi connectivity index (χ4v) is 1.29. The second-order valence-electron chi connectivity index (χ2n) is 3.29. The Morgan fingerprint density at radius 2 is 2.08 bits per heavy atom. The maximum atomic E-state index is 3.75. The maximum absolute atomic E-state index is 3.75. The van der Waals surface area contributed by atoms with Crippen LogP contribution in [0, 0.1) is 0 Å². The second kappa shape index (κ2) is 9.75. The lowest BCUT2D eigenvalue weighted by molar-refractivity contribution is 0.312. The Bertz CT molecular complexity index is 113. The van der Waals surface area contributed by atoms with Gasteiger partial charge in [0, 0.05) is 6.54 Å². The summed E-state index contributed by atoms with van der Waals surface area (Å²) in [6.45, 7) is 13.8. The molecule has 0 saturated carbocycles. The van der Waals surface area contributed by atoms with E-state index in [4.69, 9.17) is 0 Å². The first kappa shape index (κ1) is 12.7. The minimum Gasteiger partial charge on any atom is -0.317 e. The van der Waals surface area contributed by atoms with Gasteiger partial charge in [-0.1, -0.05) is 19.9 Å². The maximum Gasteiger partial charge on any atom is 0.0160 e. The Morgan fingerprint density at radius 3 is 2.62 bits per heavy atom. The molecule has 78 valence electrons. The molecule has 0 aliphatic carbocycles. The van der Waals surface area contributed by atoms with Gasteiger partial charge in [0.05, 0.1) is 0 Å². The third kappa shape index (κ3) is 8.00. The van der Waals surface area contributed by atoms with Crippen LogP contribution in [0.2, 0.25) is 0 Å². The van der Waals surface area contributed by atoms with Gasteiger partial charge in [0.2, 0.25) is 0 Å². The number of hydrogen-bond donors (Lipinski definition) is 1. The molecule has 0 unspecified atom stereocenters.